The molecule has 1 heterocycles. The zero-order valence-electron chi connectivity index (χ0n) is 18.0. The average molecular weight is 412 g/mol. The molecule has 0 spiro atoms. The Bertz CT molecular complexity index is 911. The first-order valence-corrected chi connectivity index (χ1v) is 10.1. The van der Waals surface area contributed by atoms with Gasteiger partial charge in [0, 0.05) is 25.2 Å². The topological polar surface area (TPSA) is 79.9 Å². The molecule has 0 bridgehead atoms. The largest absolute Gasteiger partial charge is 0.493 e. The number of rotatable bonds is 6. The van der Waals surface area contributed by atoms with Gasteiger partial charge in [0.25, 0.3) is 0 Å². The zero-order valence-corrected chi connectivity index (χ0v) is 18.0. The van der Waals surface area contributed by atoms with Gasteiger partial charge in [0.2, 0.25) is 5.91 Å². The number of nitrogens with one attached hydrogen (secondary N) is 2. The Morgan fingerprint density at radius 1 is 1.10 bits per heavy atom. The summed E-state index contributed by atoms with van der Waals surface area (Å²) in [6.07, 6.45) is 1.08. The SMILES string of the molecule is CCC(=O)NC[C@H]1c2cc(OC)c(OC)cc2CCN1C(=O)Nc1ccc(C)cc1. The molecule has 30 heavy (non-hydrogen) atoms. The second kappa shape index (κ2) is 9.52. The molecule has 0 saturated heterocycles. The average Bonchev–Trinajstić information content (AvgIpc) is 2.77. The fraction of sp³-hybridized carbons (Fsp3) is 0.391. The van der Waals surface area contributed by atoms with Crippen molar-refractivity contribution in [3.8, 4) is 11.5 Å². The lowest BCUT2D eigenvalue weighted by molar-refractivity contribution is -0.121. The van der Waals surface area contributed by atoms with E-state index in [-0.39, 0.29) is 18.0 Å². The van der Waals surface area contributed by atoms with Crippen LogP contribution in [-0.4, -0.2) is 44.1 Å². The third-order valence-corrected chi connectivity index (χ3v) is 5.38. The Labute approximate surface area is 177 Å². The summed E-state index contributed by atoms with van der Waals surface area (Å²) in [4.78, 5) is 26.8. The predicted molar refractivity (Wildman–Crippen MR) is 116 cm³/mol. The Kier molecular flexibility index (Phi) is 6.82. The molecule has 7 heteroatoms. The van der Waals surface area contributed by atoms with Gasteiger partial charge in [-0.2, -0.15) is 0 Å². The van der Waals surface area contributed by atoms with Crippen molar-refractivity contribution in [3.63, 3.8) is 0 Å². The number of ether oxygens (including phenoxy) is 2. The van der Waals surface area contributed by atoms with Crippen molar-refractivity contribution in [1.82, 2.24) is 10.2 Å². The van der Waals surface area contributed by atoms with Crippen molar-refractivity contribution in [2.45, 2.75) is 32.7 Å². The monoisotopic (exact) mass is 411 g/mol. The Morgan fingerprint density at radius 2 is 1.77 bits per heavy atom. The molecule has 1 aliphatic heterocycles. The van der Waals surface area contributed by atoms with Gasteiger partial charge >= 0.3 is 6.03 Å². The number of anilines is 1. The second-order valence-electron chi connectivity index (χ2n) is 7.32. The van der Waals surface area contributed by atoms with E-state index in [2.05, 4.69) is 10.6 Å². The van der Waals surface area contributed by atoms with Crippen LogP contribution in [0.2, 0.25) is 0 Å². The van der Waals surface area contributed by atoms with E-state index in [1.165, 1.54) is 0 Å². The number of carbonyl (C=O) groups is 2. The molecule has 0 fully saturated rings. The van der Waals surface area contributed by atoms with E-state index in [0.29, 0.717) is 37.4 Å². The summed E-state index contributed by atoms with van der Waals surface area (Å²) in [6, 6.07) is 11.0. The number of urea groups is 1. The number of nitrogens with zero attached hydrogens (tertiary/aromatic N) is 1. The van der Waals surface area contributed by atoms with Crippen LogP contribution in [0.25, 0.3) is 0 Å². The molecule has 3 amide bonds. The highest BCUT2D eigenvalue weighted by atomic mass is 16.5. The molecule has 1 atom stereocenters. The van der Waals surface area contributed by atoms with Crippen molar-refractivity contribution < 1.29 is 19.1 Å². The molecule has 0 aliphatic carbocycles. The zero-order chi connectivity index (χ0) is 21.7. The van der Waals surface area contributed by atoms with Crippen LogP contribution in [0, 0.1) is 6.92 Å². The van der Waals surface area contributed by atoms with Crippen molar-refractivity contribution in [1.29, 1.82) is 0 Å². The summed E-state index contributed by atoms with van der Waals surface area (Å²) < 4.78 is 10.9. The number of aryl methyl sites for hydroxylation is 1. The molecule has 0 unspecified atom stereocenters. The van der Waals surface area contributed by atoms with Crippen LogP contribution < -0.4 is 20.1 Å². The molecule has 160 valence electrons. The van der Waals surface area contributed by atoms with Gasteiger partial charge in [-0.15, -0.1) is 0 Å². The number of methoxy groups -OCH3 is 2. The summed E-state index contributed by atoms with van der Waals surface area (Å²) in [6.45, 7) is 4.67. The fourth-order valence-electron chi connectivity index (χ4n) is 3.66. The minimum absolute atomic E-state index is 0.0542. The van der Waals surface area contributed by atoms with Gasteiger partial charge in [0.15, 0.2) is 11.5 Å². The molecule has 7 nitrogen and oxygen atoms in total. The first-order chi connectivity index (χ1) is 14.5. The van der Waals surface area contributed by atoms with Gasteiger partial charge in [-0.1, -0.05) is 24.6 Å². The lowest BCUT2D eigenvalue weighted by atomic mass is 9.91. The number of fused-ring (bicyclic) bond motifs is 1. The first kappa shape index (κ1) is 21.5. The minimum atomic E-state index is -0.311. The first-order valence-electron chi connectivity index (χ1n) is 10.1. The molecule has 2 N–H and O–H groups in total. The summed E-state index contributed by atoms with van der Waals surface area (Å²) in [5.41, 5.74) is 3.90. The van der Waals surface area contributed by atoms with Gasteiger partial charge in [-0.3, -0.25) is 4.79 Å². The van der Waals surface area contributed by atoms with Crippen LogP contribution >= 0.6 is 0 Å². The Balaban J connectivity index is 1.91. The maximum absolute atomic E-state index is 13.1. The molecule has 0 radical (unpaired) electrons. The minimum Gasteiger partial charge on any atom is -0.493 e. The quantitative estimate of drug-likeness (QED) is 0.760. The number of hydrogen-bond acceptors (Lipinski definition) is 4. The molecule has 2 aromatic carbocycles. The van der Waals surface area contributed by atoms with Crippen molar-refractivity contribution >= 4 is 17.6 Å². The summed E-state index contributed by atoms with van der Waals surface area (Å²) >= 11 is 0. The lowest BCUT2D eigenvalue weighted by Gasteiger charge is -2.38. The maximum Gasteiger partial charge on any atom is 0.322 e. The normalized spacial score (nSPS) is 15.2. The van der Waals surface area contributed by atoms with E-state index in [4.69, 9.17) is 9.47 Å². The van der Waals surface area contributed by atoms with Gasteiger partial charge in [0.1, 0.15) is 0 Å². The highest BCUT2D eigenvalue weighted by molar-refractivity contribution is 5.90. The summed E-state index contributed by atoms with van der Waals surface area (Å²) in [7, 11) is 3.19. The van der Waals surface area contributed by atoms with Crippen LogP contribution in [0.5, 0.6) is 11.5 Å². The van der Waals surface area contributed by atoms with Crippen LogP contribution in [-0.2, 0) is 11.2 Å². The Hall–Kier alpha value is -3.22. The van der Waals surface area contributed by atoms with Crippen molar-refractivity contribution in [2.24, 2.45) is 0 Å². The van der Waals surface area contributed by atoms with E-state index in [0.717, 1.165) is 22.4 Å². The standard InChI is InChI=1S/C23H29N3O4/c1-5-22(27)24-14-19-18-13-21(30-4)20(29-3)12-16(18)10-11-26(19)23(28)25-17-8-6-15(2)7-9-17/h6-9,12-13,19H,5,10-11,14H2,1-4H3,(H,24,27)(H,25,28)/t19-/m0/s1. The Morgan fingerprint density at radius 3 is 2.40 bits per heavy atom. The van der Waals surface area contributed by atoms with E-state index in [1.807, 2.05) is 43.3 Å². The predicted octanol–water partition coefficient (Wildman–Crippen LogP) is 3.67. The van der Waals surface area contributed by atoms with Crippen LogP contribution in [0.15, 0.2) is 36.4 Å². The molecular formula is C23H29N3O4. The highest BCUT2D eigenvalue weighted by Gasteiger charge is 2.32. The smallest absolute Gasteiger partial charge is 0.322 e. The number of amides is 3. The molecule has 1 aliphatic rings. The molecule has 3 rings (SSSR count). The van der Waals surface area contributed by atoms with E-state index < -0.39 is 0 Å². The fourth-order valence-corrected chi connectivity index (χ4v) is 3.66. The van der Waals surface area contributed by atoms with E-state index in [9.17, 15) is 9.59 Å². The maximum atomic E-state index is 13.1. The van der Waals surface area contributed by atoms with Crippen LogP contribution in [0.1, 0.15) is 36.1 Å². The van der Waals surface area contributed by atoms with Crippen LogP contribution in [0.4, 0.5) is 10.5 Å². The third kappa shape index (κ3) is 4.67. The van der Waals surface area contributed by atoms with Gasteiger partial charge in [0.05, 0.1) is 20.3 Å². The summed E-state index contributed by atoms with van der Waals surface area (Å²) in [5.74, 6) is 1.20. The lowest BCUT2D eigenvalue weighted by Crippen LogP contribution is -2.46. The molecular weight excluding hydrogens is 382 g/mol. The molecule has 0 aromatic heterocycles. The van der Waals surface area contributed by atoms with Crippen molar-refractivity contribution in [2.75, 3.05) is 32.6 Å². The highest BCUT2D eigenvalue weighted by Crippen LogP contribution is 2.38. The third-order valence-electron chi connectivity index (χ3n) is 5.38. The van der Waals surface area contributed by atoms with E-state index in [1.54, 1.807) is 26.0 Å². The molecule has 2 aromatic rings. The van der Waals surface area contributed by atoms with Gasteiger partial charge < -0.3 is 25.0 Å². The number of benzene rings is 2. The van der Waals surface area contributed by atoms with Crippen LogP contribution in [0.3, 0.4) is 0 Å². The second-order valence-corrected chi connectivity index (χ2v) is 7.32. The number of carbonyl (C=O) groups excluding carboxylic acids is 2. The van der Waals surface area contributed by atoms with Gasteiger partial charge in [-0.25, -0.2) is 4.79 Å². The van der Waals surface area contributed by atoms with Gasteiger partial charge in [-0.05, 0) is 48.7 Å². The van der Waals surface area contributed by atoms with Crippen molar-refractivity contribution in [3.05, 3.63) is 53.1 Å². The van der Waals surface area contributed by atoms with E-state index >= 15 is 0 Å². The number of hydrogen-bond donors (Lipinski definition) is 2. The molecule has 0 saturated carbocycles. The summed E-state index contributed by atoms with van der Waals surface area (Å²) in [5, 5.41) is 5.90.